The lowest BCUT2D eigenvalue weighted by atomic mass is 10.1. The van der Waals surface area contributed by atoms with E-state index in [-0.39, 0.29) is 0 Å². The molecule has 0 saturated heterocycles. The Balaban J connectivity index is 1.86. The number of nitrogens with two attached hydrogens (primary N) is 1. The Morgan fingerprint density at radius 3 is 2.48 bits per heavy atom. The highest BCUT2D eigenvalue weighted by molar-refractivity contribution is 5.77. The number of aliphatic imine (C=N–C) groups is 1. The van der Waals surface area contributed by atoms with Crippen molar-refractivity contribution in [2.75, 3.05) is 27.4 Å². The van der Waals surface area contributed by atoms with E-state index < -0.39 is 0 Å². The van der Waals surface area contributed by atoms with Crippen molar-refractivity contribution in [2.24, 2.45) is 10.7 Å². The highest BCUT2D eigenvalue weighted by Crippen LogP contribution is 2.27. The quantitative estimate of drug-likeness (QED) is 0.496. The molecule has 0 aromatic heterocycles. The summed E-state index contributed by atoms with van der Waals surface area (Å²) in [7, 11) is 3.26. The minimum atomic E-state index is 0.432. The molecule has 0 atom stereocenters. The number of hydrogen-bond donors (Lipinski definition) is 2. The zero-order valence-electron chi connectivity index (χ0n) is 16.3. The summed E-state index contributed by atoms with van der Waals surface area (Å²) in [6.45, 7) is 4.48. The Hall–Kier alpha value is -2.73. The molecule has 2 aromatic carbocycles. The predicted octanol–water partition coefficient (Wildman–Crippen LogP) is 2.89. The van der Waals surface area contributed by atoms with Crippen molar-refractivity contribution < 1.29 is 14.2 Å². The number of nitrogens with zero attached hydrogens (tertiary/aromatic N) is 1. The van der Waals surface area contributed by atoms with Crippen LogP contribution in [0.1, 0.15) is 23.6 Å². The zero-order chi connectivity index (χ0) is 19.5. The van der Waals surface area contributed by atoms with Gasteiger partial charge in [-0.25, -0.2) is 4.99 Å². The summed E-state index contributed by atoms with van der Waals surface area (Å²) in [5.74, 6) is 1.88. The molecule has 27 heavy (non-hydrogen) atoms. The van der Waals surface area contributed by atoms with E-state index in [0.29, 0.717) is 32.3 Å². The summed E-state index contributed by atoms with van der Waals surface area (Å²) in [4.78, 5) is 4.44. The van der Waals surface area contributed by atoms with Crippen LogP contribution in [-0.2, 0) is 24.3 Å². The summed E-state index contributed by atoms with van der Waals surface area (Å²) >= 11 is 0. The van der Waals surface area contributed by atoms with Gasteiger partial charge in [0.15, 0.2) is 17.5 Å². The molecule has 3 N–H and O–H groups in total. The first-order valence-electron chi connectivity index (χ1n) is 9.07. The van der Waals surface area contributed by atoms with Crippen molar-refractivity contribution in [3.8, 4) is 11.5 Å². The monoisotopic (exact) mass is 371 g/mol. The van der Waals surface area contributed by atoms with Gasteiger partial charge in [-0.2, -0.15) is 0 Å². The van der Waals surface area contributed by atoms with Crippen LogP contribution in [-0.4, -0.2) is 33.3 Å². The highest BCUT2D eigenvalue weighted by atomic mass is 16.5. The number of guanidine groups is 1. The van der Waals surface area contributed by atoms with E-state index in [1.165, 1.54) is 0 Å². The molecule has 6 nitrogen and oxygen atoms in total. The second-order valence-electron chi connectivity index (χ2n) is 5.97. The number of hydrogen-bond acceptors (Lipinski definition) is 4. The van der Waals surface area contributed by atoms with E-state index in [4.69, 9.17) is 19.9 Å². The maximum Gasteiger partial charge on any atom is 0.188 e. The van der Waals surface area contributed by atoms with Crippen LogP contribution in [0.2, 0.25) is 0 Å². The van der Waals surface area contributed by atoms with E-state index in [1.807, 2.05) is 37.3 Å². The van der Waals surface area contributed by atoms with Gasteiger partial charge in [-0.05, 0) is 42.2 Å². The van der Waals surface area contributed by atoms with Crippen LogP contribution in [0, 0.1) is 0 Å². The van der Waals surface area contributed by atoms with E-state index in [2.05, 4.69) is 22.4 Å². The van der Waals surface area contributed by atoms with Crippen LogP contribution in [0.5, 0.6) is 11.5 Å². The molecule has 2 rings (SSSR count). The van der Waals surface area contributed by atoms with Crippen LogP contribution in [0.4, 0.5) is 0 Å². The van der Waals surface area contributed by atoms with Gasteiger partial charge in [-0.1, -0.05) is 30.3 Å². The van der Waals surface area contributed by atoms with E-state index in [1.54, 1.807) is 14.2 Å². The second kappa shape index (κ2) is 11.1. The first-order chi connectivity index (χ1) is 13.2. The Kier molecular flexibility index (Phi) is 8.45. The summed E-state index contributed by atoms with van der Waals surface area (Å²) in [6, 6.07) is 14.0. The second-order valence-corrected chi connectivity index (χ2v) is 5.97. The lowest BCUT2D eigenvalue weighted by Gasteiger charge is -2.11. The fourth-order valence-corrected chi connectivity index (χ4v) is 2.66. The number of benzene rings is 2. The van der Waals surface area contributed by atoms with Gasteiger partial charge in [0.05, 0.1) is 27.4 Å². The standard InChI is InChI=1S/C21H29N3O3/c1-4-27-15-18-8-6-5-7-17(18)14-24-21(22)23-12-11-16-9-10-19(25-2)20(13-16)26-3/h5-10,13H,4,11-12,14-15H2,1-3H3,(H3,22,23,24). The van der Waals surface area contributed by atoms with E-state index in [0.717, 1.165) is 34.6 Å². The molecular weight excluding hydrogens is 342 g/mol. The maximum absolute atomic E-state index is 6.00. The fourth-order valence-electron chi connectivity index (χ4n) is 2.66. The van der Waals surface area contributed by atoms with Crippen LogP contribution in [0.25, 0.3) is 0 Å². The van der Waals surface area contributed by atoms with Crippen molar-refractivity contribution >= 4 is 5.96 Å². The van der Waals surface area contributed by atoms with Crippen LogP contribution in [0.15, 0.2) is 47.5 Å². The van der Waals surface area contributed by atoms with Gasteiger partial charge in [0.1, 0.15) is 0 Å². The van der Waals surface area contributed by atoms with Crippen molar-refractivity contribution in [3.63, 3.8) is 0 Å². The SMILES string of the molecule is CCOCc1ccccc1CN=C(N)NCCc1ccc(OC)c(OC)c1. The minimum Gasteiger partial charge on any atom is -0.493 e. The summed E-state index contributed by atoms with van der Waals surface area (Å²) < 4.78 is 16.1. The Morgan fingerprint density at radius 1 is 1.04 bits per heavy atom. The Morgan fingerprint density at radius 2 is 1.78 bits per heavy atom. The van der Waals surface area contributed by atoms with Gasteiger partial charge >= 0.3 is 0 Å². The lowest BCUT2D eigenvalue weighted by molar-refractivity contribution is 0.133. The molecule has 0 aliphatic heterocycles. The predicted molar refractivity (Wildman–Crippen MR) is 108 cm³/mol. The van der Waals surface area contributed by atoms with Crippen LogP contribution >= 0.6 is 0 Å². The number of nitrogens with one attached hydrogen (secondary N) is 1. The summed E-state index contributed by atoms with van der Waals surface area (Å²) in [5.41, 5.74) is 9.40. The normalized spacial score (nSPS) is 11.3. The highest BCUT2D eigenvalue weighted by Gasteiger charge is 2.05. The van der Waals surface area contributed by atoms with Gasteiger partial charge in [-0.3, -0.25) is 0 Å². The van der Waals surface area contributed by atoms with Crippen molar-refractivity contribution in [1.29, 1.82) is 0 Å². The molecule has 0 aliphatic carbocycles. The average Bonchev–Trinajstić information content (AvgIpc) is 2.71. The van der Waals surface area contributed by atoms with Crippen molar-refractivity contribution in [3.05, 3.63) is 59.2 Å². The molecular formula is C21H29N3O3. The number of ether oxygens (including phenoxy) is 3. The van der Waals surface area contributed by atoms with Gasteiger partial charge in [-0.15, -0.1) is 0 Å². The molecule has 0 bridgehead atoms. The third-order valence-corrected chi connectivity index (χ3v) is 4.17. The lowest BCUT2D eigenvalue weighted by Crippen LogP contribution is -2.33. The molecule has 0 heterocycles. The average molecular weight is 371 g/mol. The zero-order valence-corrected chi connectivity index (χ0v) is 16.3. The van der Waals surface area contributed by atoms with E-state index >= 15 is 0 Å². The fraction of sp³-hybridized carbons (Fsp3) is 0.381. The number of methoxy groups -OCH3 is 2. The number of rotatable bonds is 10. The summed E-state index contributed by atoms with van der Waals surface area (Å²) in [5, 5.41) is 3.15. The van der Waals surface area contributed by atoms with Crippen LogP contribution in [0.3, 0.4) is 0 Å². The molecule has 6 heteroatoms. The van der Waals surface area contributed by atoms with Gasteiger partial charge < -0.3 is 25.3 Å². The van der Waals surface area contributed by atoms with Crippen molar-refractivity contribution in [1.82, 2.24) is 5.32 Å². The smallest absolute Gasteiger partial charge is 0.188 e. The molecule has 2 aromatic rings. The molecule has 0 fully saturated rings. The maximum atomic E-state index is 6.00. The van der Waals surface area contributed by atoms with Crippen molar-refractivity contribution in [2.45, 2.75) is 26.5 Å². The largest absolute Gasteiger partial charge is 0.493 e. The van der Waals surface area contributed by atoms with Gasteiger partial charge in [0.25, 0.3) is 0 Å². The minimum absolute atomic E-state index is 0.432. The summed E-state index contributed by atoms with van der Waals surface area (Å²) in [6.07, 6.45) is 0.803. The Bertz CT molecular complexity index is 747. The molecule has 146 valence electrons. The third-order valence-electron chi connectivity index (χ3n) is 4.17. The Labute approximate surface area is 161 Å². The van der Waals surface area contributed by atoms with Gasteiger partial charge in [0, 0.05) is 13.2 Å². The molecule has 0 saturated carbocycles. The third kappa shape index (κ3) is 6.49. The van der Waals surface area contributed by atoms with Gasteiger partial charge in [0.2, 0.25) is 0 Å². The topological polar surface area (TPSA) is 78.1 Å². The van der Waals surface area contributed by atoms with E-state index in [9.17, 15) is 0 Å². The molecule has 0 aliphatic rings. The first kappa shape index (κ1) is 20.6. The molecule has 0 amide bonds. The first-order valence-corrected chi connectivity index (χ1v) is 9.07. The molecule has 0 radical (unpaired) electrons. The van der Waals surface area contributed by atoms with Crippen LogP contribution < -0.4 is 20.5 Å². The molecule has 0 unspecified atom stereocenters. The molecule has 0 spiro atoms.